The van der Waals surface area contributed by atoms with Crippen molar-refractivity contribution in [2.24, 2.45) is 5.41 Å². The molecule has 1 saturated carbocycles. The van der Waals surface area contributed by atoms with E-state index in [2.05, 4.69) is 38.2 Å². The number of nitrogens with one attached hydrogen (secondary N) is 1. The van der Waals surface area contributed by atoms with Crippen LogP contribution < -0.4 is 11.1 Å². The molecule has 1 aliphatic rings. The van der Waals surface area contributed by atoms with Crippen molar-refractivity contribution in [3.63, 3.8) is 0 Å². The van der Waals surface area contributed by atoms with E-state index in [1.165, 1.54) is 24.8 Å². The number of nitrogen functional groups attached to an aromatic ring is 1. The molecule has 0 spiro atoms. The number of nitrogens with two attached hydrogens (primary N) is 1. The molecule has 1 unspecified atom stereocenters. The molecule has 1 aromatic carbocycles. The van der Waals surface area contributed by atoms with Gasteiger partial charge in [-0.15, -0.1) is 0 Å². The van der Waals surface area contributed by atoms with Crippen LogP contribution in [0.3, 0.4) is 0 Å². The fourth-order valence-electron chi connectivity index (χ4n) is 2.60. The lowest BCUT2D eigenvalue weighted by Gasteiger charge is -2.29. The number of rotatable bonds is 2. The minimum absolute atomic E-state index is 0.386. The second-order valence-electron chi connectivity index (χ2n) is 5.67. The molecule has 0 heterocycles. The first kappa shape index (κ1) is 11.3. The van der Waals surface area contributed by atoms with Gasteiger partial charge in [-0.05, 0) is 42.9 Å². The highest BCUT2D eigenvalue weighted by Crippen LogP contribution is 2.39. The maximum Gasteiger partial charge on any atom is 0.0576 e. The Morgan fingerprint density at radius 1 is 1.38 bits per heavy atom. The summed E-state index contributed by atoms with van der Waals surface area (Å²) in [5, 5.41) is 3.60. The number of anilines is 2. The Hall–Kier alpha value is -1.18. The Labute approximate surface area is 98.2 Å². The van der Waals surface area contributed by atoms with Crippen molar-refractivity contribution < 1.29 is 0 Å². The van der Waals surface area contributed by atoms with Crippen LogP contribution in [0.1, 0.15) is 38.7 Å². The van der Waals surface area contributed by atoms with Gasteiger partial charge in [-0.2, -0.15) is 0 Å². The van der Waals surface area contributed by atoms with E-state index >= 15 is 0 Å². The van der Waals surface area contributed by atoms with Crippen molar-refractivity contribution >= 4 is 11.4 Å². The first-order valence-electron chi connectivity index (χ1n) is 6.12. The molecule has 0 aromatic heterocycles. The van der Waals surface area contributed by atoms with Crippen LogP contribution in [-0.4, -0.2) is 6.04 Å². The summed E-state index contributed by atoms with van der Waals surface area (Å²) in [6.45, 7) is 6.74. The van der Waals surface area contributed by atoms with Gasteiger partial charge in [-0.1, -0.05) is 26.3 Å². The number of aryl methyl sites for hydroxylation is 1. The van der Waals surface area contributed by atoms with E-state index in [4.69, 9.17) is 5.73 Å². The lowest BCUT2D eigenvalue weighted by atomic mass is 9.87. The van der Waals surface area contributed by atoms with Gasteiger partial charge in [0.15, 0.2) is 0 Å². The molecular formula is C14H22N2. The molecule has 88 valence electrons. The Balaban J connectivity index is 2.15. The molecule has 1 fully saturated rings. The first-order valence-corrected chi connectivity index (χ1v) is 6.12. The molecule has 0 saturated heterocycles. The quantitative estimate of drug-likeness (QED) is 0.745. The van der Waals surface area contributed by atoms with E-state index in [0.29, 0.717) is 11.5 Å². The van der Waals surface area contributed by atoms with E-state index in [1.807, 2.05) is 6.07 Å². The summed E-state index contributed by atoms with van der Waals surface area (Å²) in [5.41, 5.74) is 9.58. The van der Waals surface area contributed by atoms with Crippen molar-refractivity contribution in [2.45, 2.75) is 46.1 Å². The zero-order chi connectivity index (χ0) is 11.8. The third-order valence-electron chi connectivity index (χ3n) is 3.79. The summed E-state index contributed by atoms with van der Waals surface area (Å²) in [5.74, 6) is 0. The molecule has 2 rings (SSSR count). The molecule has 0 bridgehead atoms. The second kappa shape index (κ2) is 4.00. The minimum atomic E-state index is 0.386. The zero-order valence-corrected chi connectivity index (χ0v) is 10.5. The van der Waals surface area contributed by atoms with Gasteiger partial charge in [0, 0.05) is 6.04 Å². The summed E-state index contributed by atoms with van der Waals surface area (Å²) in [6.07, 6.45) is 3.87. The van der Waals surface area contributed by atoms with Crippen LogP contribution >= 0.6 is 0 Å². The molecule has 3 N–H and O–H groups in total. The number of benzene rings is 1. The highest BCUT2D eigenvalue weighted by Gasteiger charge is 2.34. The van der Waals surface area contributed by atoms with Crippen LogP contribution in [0, 0.1) is 12.3 Å². The lowest BCUT2D eigenvalue weighted by Crippen LogP contribution is -2.31. The van der Waals surface area contributed by atoms with Gasteiger partial charge in [-0.3, -0.25) is 0 Å². The van der Waals surface area contributed by atoms with Gasteiger partial charge < -0.3 is 11.1 Å². The zero-order valence-electron chi connectivity index (χ0n) is 10.5. The van der Waals surface area contributed by atoms with Crippen LogP contribution in [0.2, 0.25) is 0 Å². The van der Waals surface area contributed by atoms with Crippen molar-refractivity contribution in [3.05, 3.63) is 23.8 Å². The maximum absolute atomic E-state index is 6.03. The second-order valence-corrected chi connectivity index (χ2v) is 5.67. The highest BCUT2D eigenvalue weighted by molar-refractivity contribution is 5.67. The Morgan fingerprint density at radius 3 is 2.69 bits per heavy atom. The number of hydrogen-bond donors (Lipinski definition) is 2. The molecule has 1 aliphatic carbocycles. The highest BCUT2D eigenvalue weighted by atomic mass is 15.0. The Bertz CT molecular complexity index is 382. The van der Waals surface area contributed by atoms with Gasteiger partial charge in [0.1, 0.15) is 0 Å². The largest absolute Gasteiger partial charge is 0.397 e. The van der Waals surface area contributed by atoms with Crippen LogP contribution in [0.5, 0.6) is 0 Å². The summed E-state index contributed by atoms with van der Waals surface area (Å²) < 4.78 is 0. The smallest absolute Gasteiger partial charge is 0.0576 e. The van der Waals surface area contributed by atoms with Crippen LogP contribution in [-0.2, 0) is 0 Å². The normalized spacial score (nSPS) is 23.3. The van der Waals surface area contributed by atoms with Gasteiger partial charge in [-0.25, -0.2) is 0 Å². The minimum Gasteiger partial charge on any atom is -0.397 e. The van der Waals surface area contributed by atoms with Crippen molar-refractivity contribution in [2.75, 3.05) is 11.1 Å². The maximum atomic E-state index is 6.03. The molecule has 1 aromatic rings. The predicted octanol–water partition coefficient (Wildman–Crippen LogP) is 3.57. The third-order valence-corrected chi connectivity index (χ3v) is 3.79. The third kappa shape index (κ3) is 2.16. The SMILES string of the molecule is Cc1ccc(NC2CCCC2(C)C)c(N)c1. The van der Waals surface area contributed by atoms with Crippen molar-refractivity contribution in [3.8, 4) is 0 Å². The van der Waals surface area contributed by atoms with Crippen LogP contribution in [0.15, 0.2) is 18.2 Å². The summed E-state index contributed by atoms with van der Waals surface area (Å²) in [4.78, 5) is 0. The summed E-state index contributed by atoms with van der Waals surface area (Å²) >= 11 is 0. The monoisotopic (exact) mass is 218 g/mol. The standard InChI is InChI=1S/C14H22N2/c1-10-6-7-12(11(15)9-10)16-13-5-4-8-14(13,2)3/h6-7,9,13,16H,4-5,8,15H2,1-3H3. The molecule has 0 aliphatic heterocycles. The lowest BCUT2D eigenvalue weighted by molar-refractivity contribution is 0.350. The predicted molar refractivity (Wildman–Crippen MR) is 70.6 cm³/mol. The Kier molecular flexibility index (Phi) is 2.83. The van der Waals surface area contributed by atoms with E-state index in [9.17, 15) is 0 Å². The van der Waals surface area contributed by atoms with Crippen molar-refractivity contribution in [1.82, 2.24) is 0 Å². The fourth-order valence-corrected chi connectivity index (χ4v) is 2.60. The van der Waals surface area contributed by atoms with Gasteiger partial charge in [0.25, 0.3) is 0 Å². The molecule has 0 amide bonds. The van der Waals surface area contributed by atoms with Gasteiger partial charge in [0.2, 0.25) is 0 Å². The van der Waals surface area contributed by atoms with Crippen LogP contribution in [0.4, 0.5) is 11.4 Å². The van der Waals surface area contributed by atoms with E-state index < -0.39 is 0 Å². The molecular weight excluding hydrogens is 196 g/mol. The van der Waals surface area contributed by atoms with E-state index in [-0.39, 0.29) is 0 Å². The summed E-state index contributed by atoms with van der Waals surface area (Å²) in [7, 11) is 0. The van der Waals surface area contributed by atoms with Crippen molar-refractivity contribution in [1.29, 1.82) is 0 Å². The molecule has 2 heteroatoms. The summed E-state index contributed by atoms with van der Waals surface area (Å²) in [6, 6.07) is 6.79. The average Bonchev–Trinajstić information content (AvgIpc) is 2.50. The average molecular weight is 218 g/mol. The molecule has 0 radical (unpaired) electrons. The molecule has 2 nitrogen and oxygen atoms in total. The van der Waals surface area contributed by atoms with E-state index in [1.54, 1.807) is 0 Å². The first-order chi connectivity index (χ1) is 7.49. The van der Waals surface area contributed by atoms with E-state index in [0.717, 1.165) is 11.4 Å². The number of hydrogen-bond acceptors (Lipinski definition) is 2. The fraction of sp³-hybridized carbons (Fsp3) is 0.571. The molecule has 16 heavy (non-hydrogen) atoms. The van der Waals surface area contributed by atoms with Gasteiger partial charge >= 0.3 is 0 Å². The molecule has 1 atom stereocenters. The van der Waals surface area contributed by atoms with Gasteiger partial charge in [0.05, 0.1) is 11.4 Å². The van der Waals surface area contributed by atoms with Crippen LogP contribution in [0.25, 0.3) is 0 Å². The topological polar surface area (TPSA) is 38.0 Å². The Morgan fingerprint density at radius 2 is 2.12 bits per heavy atom.